The minimum atomic E-state index is -0.545. The number of aliphatic hydroxyl groups is 1. The number of likely N-dealkylation sites (N-methyl/N-ethyl adjacent to an activating group) is 1. The topological polar surface area (TPSA) is 52.0 Å². The van der Waals surface area contributed by atoms with Crippen molar-refractivity contribution in [3.05, 3.63) is 23.5 Å². The number of aliphatic hydroxyl groups excluding tert-OH is 1. The van der Waals surface area contributed by atoms with E-state index in [1.807, 2.05) is 28.8 Å². The Bertz CT molecular complexity index is 549. The molecule has 2 aliphatic rings. The first kappa shape index (κ1) is 16.5. The van der Waals surface area contributed by atoms with Crippen LogP contribution < -0.4 is 0 Å². The average Bonchev–Trinajstić information content (AvgIpc) is 2.88. The molecule has 1 N–H and O–H groups in total. The van der Waals surface area contributed by atoms with E-state index in [1.54, 1.807) is 0 Å². The first-order valence-corrected chi connectivity index (χ1v) is 8.59. The molecule has 1 saturated heterocycles. The van der Waals surface area contributed by atoms with Gasteiger partial charge in [-0.3, -0.25) is 4.79 Å². The molecule has 128 valence electrons. The maximum absolute atomic E-state index is 12.7. The van der Waals surface area contributed by atoms with E-state index in [9.17, 15) is 9.90 Å². The molecule has 6 heteroatoms. The first-order chi connectivity index (χ1) is 11.1. The van der Waals surface area contributed by atoms with Gasteiger partial charge in [0.05, 0.1) is 17.4 Å². The lowest BCUT2D eigenvalue weighted by Crippen LogP contribution is -2.45. The maximum atomic E-state index is 12.7. The summed E-state index contributed by atoms with van der Waals surface area (Å²) in [5.41, 5.74) is 1.42. The van der Waals surface area contributed by atoms with Gasteiger partial charge < -0.3 is 24.4 Å². The predicted octanol–water partition coefficient (Wildman–Crippen LogP) is 0.542. The quantitative estimate of drug-likeness (QED) is 0.880. The van der Waals surface area contributed by atoms with Gasteiger partial charge in [-0.25, -0.2) is 0 Å². The highest BCUT2D eigenvalue weighted by Gasteiger charge is 2.29. The molecule has 23 heavy (non-hydrogen) atoms. The zero-order chi connectivity index (χ0) is 16.4. The lowest BCUT2D eigenvalue weighted by molar-refractivity contribution is 0.0732. The highest BCUT2D eigenvalue weighted by Crippen LogP contribution is 2.27. The Kier molecular flexibility index (Phi) is 5.04. The van der Waals surface area contributed by atoms with Crippen LogP contribution in [0.5, 0.6) is 0 Å². The molecule has 6 nitrogen and oxygen atoms in total. The summed E-state index contributed by atoms with van der Waals surface area (Å²) in [6, 6.07) is 1.83. The standard InChI is InChI=1S/C17H28N4O2/c1-18-10-12-20(13-11-18)6-3-7-21-9-5-15(22)16-14(17(21)23)4-8-19(16)2/h4,8,15,22H,3,5-7,9-13H2,1-2H3/t15-/m0/s1. The normalized spacial score (nSPS) is 23.9. The van der Waals surface area contributed by atoms with Crippen molar-refractivity contribution in [2.45, 2.75) is 18.9 Å². The molecule has 0 spiro atoms. The summed E-state index contributed by atoms with van der Waals surface area (Å²) in [5, 5.41) is 10.3. The molecule has 3 rings (SSSR count). The highest BCUT2D eigenvalue weighted by molar-refractivity contribution is 5.96. The number of fused-ring (bicyclic) bond motifs is 1. The summed E-state index contributed by atoms with van der Waals surface area (Å²) in [4.78, 5) is 19.4. The number of hydrogen-bond acceptors (Lipinski definition) is 4. The second kappa shape index (κ2) is 7.03. The Hall–Kier alpha value is -1.37. The third-order valence-corrected chi connectivity index (χ3v) is 5.12. The number of piperazine rings is 1. The van der Waals surface area contributed by atoms with Gasteiger partial charge in [-0.05, 0) is 32.5 Å². The number of carbonyl (C=O) groups excluding carboxylic acids is 1. The molecular weight excluding hydrogens is 292 g/mol. The molecule has 0 saturated carbocycles. The van der Waals surface area contributed by atoms with Crippen LogP contribution in [0.4, 0.5) is 0 Å². The maximum Gasteiger partial charge on any atom is 0.255 e. The molecule has 0 aromatic carbocycles. The van der Waals surface area contributed by atoms with Gasteiger partial charge >= 0.3 is 0 Å². The molecule has 1 fully saturated rings. The van der Waals surface area contributed by atoms with Crippen LogP contribution in [-0.2, 0) is 7.05 Å². The largest absolute Gasteiger partial charge is 0.387 e. The zero-order valence-electron chi connectivity index (χ0n) is 14.2. The van der Waals surface area contributed by atoms with Gasteiger partial charge in [0.15, 0.2) is 0 Å². The van der Waals surface area contributed by atoms with Crippen molar-refractivity contribution in [2.24, 2.45) is 7.05 Å². The van der Waals surface area contributed by atoms with Gasteiger partial charge in [-0.1, -0.05) is 0 Å². The molecule has 2 aliphatic heterocycles. The lowest BCUT2D eigenvalue weighted by atomic mass is 10.1. The van der Waals surface area contributed by atoms with Crippen molar-refractivity contribution in [1.82, 2.24) is 19.3 Å². The van der Waals surface area contributed by atoms with E-state index < -0.39 is 6.10 Å². The van der Waals surface area contributed by atoms with E-state index in [-0.39, 0.29) is 5.91 Å². The van der Waals surface area contributed by atoms with Crippen LogP contribution in [0.15, 0.2) is 12.3 Å². The molecule has 0 radical (unpaired) electrons. The molecule has 0 bridgehead atoms. The average molecular weight is 320 g/mol. The summed E-state index contributed by atoms with van der Waals surface area (Å²) < 4.78 is 1.87. The van der Waals surface area contributed by atoms with Crippen LogP contribution >= 0.6 is 0 Å². The van der Waals surface area contributed by atoms with Crippen molar-refractivity contribution in [3.8, 4) is 0 Å². The van der Waals surface area contributed by atoms with Crippen LogP contribution in [0.3, 0.4) is 0 Å². The van der Waals surface area contributed by atoms with Gasteiger partial charge in [-0.2, -0.15) is 0 Å². The van der Waals surface area contributed by atoms with Crippen molar-refractivity contribution >= 4 is 5.91 Å². The Morgan fingerprint density at radius 3 is 2.61 bits per heavy atom. The Labute approximate surface area is 138 Å². The number of rotatable bonds is 4. The molecular formula is C17H28N4O2. The van der Waals surface area contributed by atoms with Gasteiger partial charge in [0.25, 0.3) is 5.91 Å². The van der Waals surface area contributed by atoms with Gasteiger partial charge in [0.1, 0.15) is 0 Å². The Balaban J connectivity index is 1.55. The van der Waals surface area contributed by atoms with E-state index in [2.05, 4.69) is 16.8 Å². The smallest absolute Gasteiger partial charge is 0.255 e. The SMILES string of the molecule is CN1CCN(CCCN2CC[C@H](O)c3c(ccn3C)C2=O)CC1. The molecule has 0 aliphatic carbocycles. The minimum Gasteiger partial charge on any atom is -0.387 e. The van der Waals surface area contributed by atoms with E-state index in [1.165, 1.54) is 0 Å². The predicted molar refractivity (Wildman–Crippen MR) is 89.4 cm³/mol. The third kappa shape index (κ3) is 3.59. The summed E-state index contributed by atoms with van der Waals surface area (Å²) in [6.07, 6.45) is 2.93. The number of nitrogens with zero attached hydrogens (tertiary/aromatic N) is 4. The monoisotopic (exact) mass is 320 g/mol. The summed E-state index contributed by atoms with van der Waals surface area (Å²) in [6.45, 7) is 6.94. The van der Waals surface area contributed by atoms with Gasteiger partial charge in [0.2, 0.25) is 0 Å². The molecule has 1 atom stereocenters. The highest BCUT2D eigenvalue weighted by atomic mass is 16.3. The zero-order valence-corrected chi connectivity index (χ0v) is 14.2. The molecule has 1 aromatic heterocycles. The Morgan fingerprint density at radius 2 is 1.87 bits per heavy atom. The number of aryl methyl sites for hydroxylation is 1. The number of amides is 1. The number of aromatic nitrogens is 1. The van der Waals surface area contributed by atoms with E-state index >= 15 is 0 Å². The van der Waals surface area contributed by atoms with Crippen LogP contribution in [0.2, 0.25) is 0 Å². The van der Waals surface area contributed by atoms with Crippen LogP contribution in [0.25, 0.3) is 0 Å². The summed E-state index contributed by atoms with van der Waals surface area (Å²) >= 11 is 0. The van der Waals surface area contributed by atoms with Crippen LogP contribution in [-0.4, -0.2) is 83.1 Å². The number of hydrogen-bond donors (Lipinski definition) is 1. The molecule has 3 heterocycles. The van der Waals surface area contributed by atoms with Crippen LogP contribution in [0.1, 0.15) is 35.0 Å². The fourth-order valence-electron chi connectivity index (χ4n) is 3.59. The van der Waals surface area contributed by atoms with Crippen molar-refractivity contribution < 1.29 is 9.90 Å². The van der Waals surface area contributed by atoms with E-state index in [0.717, 1.165) is 51.4 Å². The third-order valence-electron chi connectivity index (χ3n) is 5.12. The second-order valence-electron chi connectivity index (χ2n) is 6.82. The fraction of sp³-hybridized carbons (Fsp3) is 0.706. The van der Waals surface area contributed by atoms with Crippen LogP contribution in [0, 0.1) is 0 Å². The minimum absolute atomic E-state index is 0.0653. The van der Waals surface area contributed by atoms with E-state index in [4.69, 9.17) is 0 Å². The van der Waals surface area contributed by atoms with Crippen molar-refractivity contribution in [3.63, 3.8) is 0 Å². The molecule has 0 unspecified atom stereocenters. The lowest BCUT2D eigenvalue weighted by Gasteiger charge is -2.32. The van der Waals surface area contributed by atoms with Crippen molar-refractivity contribution in [2.75, 3.05) is 52.9 Å². The van der Waals surface area contributed by atoms with Crippen molar-refractivity contribution in [1.29, 1.82) is 0 Å². The Morgan fingerprint density at radius 1 is 1.13 bits per heavy atom. The summed E-state index contributed by atoms with van der Waals surface area (Å²) in [7, 11) is 4.05. The molecule has 1 amide bonds. The number of carbonyl (C=O) groups is 1. The second-order valence-corrected chi connectivity index (χ2v) is 6.82. The van der Waals surface area contributed by atoms with Gasteiger partial charge in [-0.15, -0.1) is 0 Å². The molecule has 1 aromatic rings. The first-order valence-electron chi connectivity index (χ1n) is 8.59. The van der Waals surface area contributed by atoms with Gasteiger partial charge in [0, 0.05) is 52.5 Å². The van der Waals surface area contributed by atoms with E-state index in [0.29, 0.717) is 18.5 Å². The summed E-state index contributed by atoms with van der Waals surface area (Å²) in [5.74, 6) is 0.0653. The fourth-order valence-corrected chi connectivity index (χ4v) is 3.59.